The van der Waals surface area contributed by atoms with Gasteiger partial charge in [0.1, 0.15) is 0 Å². The molecule has 0 aliphatic heterocycles. The van der Waals surface area contributed by atoms with Gasteiger partial charge in [0.25, 0.3) is 0 Å². The van der Waals surface area contributed by atoms with Crippen molar-refractivity contribution in [2.75, 3.05) is 0 Å². The number of para-hydroxylation sites is 2. The summed E-state index contributed by atoms with van der Waals surface area (Å²) in [6, 6.07) is 56.9. The molecule has 3 nitrogen and oxygen atoms in total. The lowest BCUT2D eigenvalue weighted by Crippen LogP contribution is -1.92. The van der Waals surface area contributed by atoms with Gasteiger partial charge in [-0.2, -0.15) is 0 Å². The Bertz CT molecular complexity index is 3040. The molecule has 0 spiro atoms. The number of aromatic nitrogens is 3. The molecule has 226 valence electrons. The third-order valence-electron chi connectivity index (χ3n) is 10.4. The molecule has 8 aromatic carbocycles. The van der Waals surface area contributed by atoms with Crippen molar-refractivity contribution in [1.29, 1.82) is 0 Å². The maximum atomic E-state index is 5.17. The van der Waals surface area contributed by atoms with Gasteiger partial charge in [0, 0.05) is 37.9 Å². The highest BCUT2D eigenvalue weighted by atomic mass is 14.9. The molecule has 0 aliphatic rings. The first-order chi connectivity index (χ1) is 24.3. The Labute approximate surface area is 281 Å². The van der Waals surface area contributed by atoms with Crippen LogP contribution in [0.3, 0.4) is 0 Å². The largest absolute Gasteiger partial charge is 0.308 e. The predicted molar refractivity (Wildman–Crippen MR) is 206 cm³/mol. The Hall–Kier alpha value is -6.58. The molecule has 49 heavy (non-hydrogen) atoms. The lowest BCUT2D eigenvalue weighted by atomic mass is 9.98. The minimum absolute atomic E-state index is 0.877. The second kappa shape index (κ2) is 9.96. The highest BCUT2D eigenvalue weighted by Gasteiger charge is 2.17. The van der Waals surface area contributed by atoms with E-state index in [2.05, 4.69) is 162 Å². The van der Waals surface area contributed by atoms with Gasteiger partial charge in [0.2, 0.25) is 0 Å². The Morgan fingerprint density at radius 3 is 1.53 bits per heavy atom. The molecule has 0 atom stereocenters. The maximum Gasteiger partial charge on any atom is 0.0979 e. The molecular weight excluding hydrogens is 595 g/mol. The van der Waals surface area contributed by atoms with E-state index in [1.165, 1.54) is 71.1 Å². The number of hydrogen-bond donors (Lipinski definition) is 0. The van der Waals surface area contributed by atoms with Crippen molar-refractivity contribution in [1.82, 2.24) is 14.4 Å². The first-order valence-electron chi connectivity index (χ1n) is 16.7. The SMILES string of the molecule is c1ccc2c(c1)c1ccccc1c1nc(-c3ccc(-c4ccc(-c5ccc6c(c5)c5cccc7c8ccccc8n6c75)cc4)cc3)cnc21. The zero-order valence-corrected chi connectivity index (χ0v) is 26.4. The average Bonchev–Trinajstić information content (AvgIpc) is 3.70. The fraction of sp³-hybridized carbons (Fsp3) is 0. The summed E-state index contributed by atoms with van der Waals surface area (Å²) >= 11 is 0. The molecule has 11 rings (SSSR count). The summed E-state index contributed by atoms with van der Waals surface area (Å²) < 4.78 is 2.43. The average molecular weight is 622 g/mol. The minimum Gasteiger partial charge on any atom is -0.308 e. The van der Waals surface area contributed by atoms with Crippen LogP contribution in [-0.2, 0) is 0 Å². The maximum absolute atomic E-state index is 5.17. The van der Waals surface area contributed by atoms with E-state index in [1.807, 2.05) is 6.20 Å². The van der Waals surface area contributed by atoms with Gasteiger partial charge in [0.15, 0.2) is 0 Å². The second-order valence-electron chi connectivity index (χ2n) is 13.0. The highest BCUT2D eigenvalue weighted by Crippen LogP contribution is 2.40. The van der Waals surface area contributed by atoms with Crippen molar-refractivity contribution in [3.63, 3.8) is 0 Å². The van der Waals surface area contributed by atoms with Gasteiger partial charge in [-0.1, -0.05) is 140 Å². The number of nitrogens with zero attached hydrogens (tertiary/aromatic N) is 3. The first-order valence-corrected chi connectivity index (χ1v) is 16.7. The number of fused-ring (bicyclic) bond motifs is 12. The zero-order chi connectivity index (χ0) is 32.1. The molecule has 0 fully saturated rings. The van der Waals surface area contributed by atoms with Crippen LogP contribution in [0.2, 0.25) is 0 Å². The lowest BCUT2D eigenvalue weighted by molar-refractivity contribution is 1.31. The fourth-order valence-corrected chi connectivity index (χ4v) is 8.06. The van der Waals surface area contributed by atoms with Crippen molar-refractivity contribution >= 4 is 70.7 Å². The fourth-order valence-electron chi connectivity index (χ4n) is 8.06. The molecule has 3 heteroatoms. The van der Waals surface area contributed by atoms with Crippen LogP contribution in [0.5, 0.6) is 0 Å². The Balaban J connectivity index is 0.938. The summed E-state index contributed by atoms with van der Waals surface area (Å²) in [5.41, 5.74) is 12.4. The molecule has 0 unspecified atom stereocenters. The van der Waals surface area contributed by atoms with Crippen LogP contribution in [0.25, 0.3) is 104 Å². The molecule has 0 bridgehead atoms. The van der Waals surface area contributed by atoms with Gasteiger partial charge >= 0.3 is 0 Å². The molecular formula is C46H27N3. The molecule has 11 aromatic rings. The molecule has 0 amide bonds. The monoisotopic (exact) mass is 621 g/mol. The van der Waals surface area contributed by atoms with Crippen molar-refractivity contribution < 1.29 is 0 Å². The second-order valence-corrected chi connectivity index (χ2v) is 13.0. The standard InChI is InChI=1S/C46H27N3/c1-3-11-36-33(8-1)34-9-2-4-12-37(34)45-44(36)47-27-41(48-45)31-22-20-29(21-23-31)28-16-18-30(19-17-28)32-24-25-43-40(26-32)39-14-7-13-38-35-10-5-6-15-42(35)49(43)46(38)39/h1-27H. The summed E-state index contributed by atoms with van der Waals surface area (Å²) in [5, 5.41) is 9.90. The third kappa shape index (κ3) is 3.78. The number of rotatable bonds is 3. The van der Waals surface area contributed by atoms with Crippen LogP contribution in [0.15, 0.2) is 164 Å². The van der Waals surface area contributed by atoms with Gasteiger partial charge in [0.05, 0.1) is 39.5 Å². The van der Waals surface area contributed by atoms with Crippen molar-refractivity contribution in [2.45, 2.75) is 0 Å². The van der Waals surface area contributed by atoms with Crippen LogP contribution in [0.1, 0.15) is 0 Å². The van der Waals surface area contributed by atoms with E-state index in [1.54, 1.807) is 0 Å². The van der Waals surface area contributed by atoms with Crippen LogP contribution in [0, 0.1) is 0 Å². The number of benzene rings is 8. The Morgan fingerprint density at radius 2 is 0.837 bits per heavy atom. The quantitative estimate of drug-likeness (QED) is 0.184. The van der Waals surface area contributed by atoms with Crippen LogP contribution < -0.4 is 0 Å². The molecule has 0 saturated heterocycles. The van der Waals surface area contributed by atoms with Crippen LogP contribution in [-0.4, -0.2) is 14.4 Å². The molecule has 3 aromatic heterocycles. The molecule has 0 N–H and O–H groups in total. The zero-order valence-electron chi connectivity index (χ0n) is 26.4. The summed E-state index contributed by atoms with van der Waals surface area (Å²) in [5.74, 6) is 0. The van der Waals surface area contributed by atoms with E-state index in [0.717, 1.165) is 33.1 Å². The van der Waals surface area contributed by atoms with Gasteiger partial charge in [-0.25, -0.2) is 4.98 Å². The van der Waals surface area contributed by atoms with Crippen LogP contribution >= 0.6 is 0 Å². The molecule has 0 radical (unpaired) electrons. The third-order valence-corrected chi connectivity index (χ3v) is 10.4. The van der Waals surface area contributed by atoms with Crippen molar-refractivity contribution in [2.24, 2.45) is 0 Å². The van der Waals surface area contributed by atoms with Gasteiger partial charge in [-0.15, -0.1) is 0 Å². The highest BCUT2D eigenvalue weighted by molar-refractivity contribution is 6.24. The van der Waals surface area contributed by atoms with E-state index in [4.69, 9.17) is 9.97 Å². The predicted octanol–water partition coefficient (Wildman–Crippen LogP) is 12.1. The Morgan fingerprint density at radius 1 is 0.347 bits per heavy atom. The minimum atomic E-state index is 0.877. The first kappa shape index (κ1) is 26.5. The van der Waals surface area contributed by atoms with E-state index >= 15 is 0 Å². The molecule has 0 saturated carbocycles. The van der Waals surface area contributed by atoms with E-state index in [9.17, 15) is 0 Å². The van der Waals surface area contributed by atoms with E-state index in [-0.39, 0.29) is 0 Å². The van der Waals surface area contributed by atoms with Gasteiger partial charge < -0.3 is 4.40 Å². The lowest BCUT2D eigenvalue weighted by Gasteiger charge is -2.11. The van der Waals surface area contributed by atoms with Crippen molar-refractivity contribution in [3.05, 3.63) is 164 Å². The molecule has 0 aliphatic carbocycles. The topological polar surface area (TPSA) is 30.2 Å². The van der Waals surface area contributed by atoms with E-state index in [0.29, 0.717) is 0 Å². The van der Waals surface area contributed by atoms with Crippen LogP contribution in [0.4, 0.5) is 0 Å². The summed E-state index contributed by atoms with van der Waals surface area (Å²) in [4.78, 5) is 10.1. The normalized spacial score (nSPS) is 12.1. The number of hydrogen-bond acceptors (Lipinski definition) is 2. The Kier molecular flexibility index (Phi) is 5.38. The van der Waals surface area contributed by atoms with Gasteiger partial charge in [-0.05, 0) is 51.2 Å². The summed E-state index contributed by atoms with van der Waals surface area (Å²) in [6.45, 7) is 0. The smallest absolute Gasteiger partial charge is 0.0979 e. The van der Waals surface area contributed by atoms with Crippen molar-refractivity contribution in [3.8, 4) is 33.5 Å². The molecule has 3 heterocycles. The van der Waals surface area contributed by atoms with Gasteiger partial charge in [-0.3, -0.25) is 4.98 Å². The summed E-state index contributed by atoms with van der Waals surface area (Å²) in [6.07, 6.45) is 1.91. The summed E-state index contributed by atoms with van der Waals surface area (Å²) in [7, 11) is 0. The van der Waals surface area contributed by atoms with E-state index < -0.39 is 0 Å².